The third-order valence-electron chi connectivity index (χ3n) is 2.70. The number of aromatic hydroxyl groups is 1. The maximum absolute atomic E-state index is 9.79. The molecule has 0 unspecified atom stereocenters. The zero-order chi connectivity index (χ0) is 12.1. The Morgan fingerprint density at radius 1 is 1.31 bits per heavy atom. The first-order valence-corrected chi connectivity index (χ1v) is 6.03. The number of benzene rings is 1. The third-order valence-corrected chi connectivity index (χ3v) is 2.70. The van der Waals surface area contributed by atoms with Gasteiger partial charge in [0.15, 0.2) is 0 Å². The Kier molecular flexibility index (Phi) is 4.81. The van der Waals surface area contributed by atoms with E-state index in [4.69, 9.17) is 0 Å². The van der Waals surface area contributed by atoms with Gasteiger partial charge in [0.1, 0.15) is 5.75 Å². The van der Waals surface area contributed by atoms with Gasteiger partial charge in [0.2, 0.25) is 0 Å². The van der Waals surface area contributed by atoms with Gasteiger partial charge in [-0.25, -0.2) is 0 Å². The second kappa shape index (κ2) is 5.90. The molecule has 1 aromatic carbocycles. The Balaban J connectivity index is 2.73. The molecule has 0 saturated carbocycles. The van der Waals surface area contributed by atoms with E-state index >= 15 is 0 Å². The smallest absolute Gasteiger partial charge is 0.120 e. The van der Waals surface area contributed by atoms with Crippen LogP contribution in [-0.4, -0.2) is 23.1 Å². The Morgan fingerprint density at radius 2 is 2.00 bits per heavy atom. The fourth-order valence-corrected chi connectivity index (χ4v) is 1.90. The van der Waals surface area contributed by atoms with E-state index in [1.807, 2.05) is 6.07 Å². The van der Waals surface area contributed by atoms with Crippen molar-refractivity contribution in [1.29, 1.82) is 0 Å². The molecule has 0 aliphatic rings. The van der Waals surface area contributed by atoms with Gasteiger partial charge in [0, 0.05) is 18.7 Å². The molecule has 0 aliphatic heterocycles. The minimum Gasteiger partial charge on any atom is -0.508 e. The predicted octanol–water partition coefficient (Wildman–Crippen LogP) is 3.18. The molecule has 1 aromatic rings. The van der Waals surface area contributed by atoms with Crippen molar-refractivity contribution in [3.05, 3.63) is 29.3 Å². The SMILES string of the molecule is CCN(Cc1cc(C)ccc1O)CC(C)C. The summed E-state index contributed by atoms with van der Waals surface area (Å²) in [5.41, 5.74) is 2.23. The molecule has 16 heavy (non-hydrogen) atoms. The largest absolute Gasteiger partial charge is 0.508 e. The molecule has 0 aromatic heterocycles. The summed E-state index contributed by atoms with van der Waals surface area (Å²) in [5.74, 6) is 1.07. The number of phenols is 1. The Morgan fingerprint density at radius 3 is 2.56 bits per heavy atom. The van der Waals surface area contributed by atoms with Gasteiger partial charge in [-0.15, -0.1) is 0 Å². The molecule has 2 nitrogen and oxygen atoms in total. The quantitative estimate of drug-likeness (QED) is 0.825. The van der Waals surface area contributed by atoms with Crippen LogP contribution in [0.5, 0.6) is 5.75 Å². The van der Waals surface area contributed by atoms with Crippen molar-refractivity contribution in [1.82, 2.24) is 4.90 Å². The van der Waals surface area contributed by atoms with Crippen LogP contribution in [0.25, 0.3) is 0 Å². The summed E-state index contributed by atoms with van der Waals surface area (Å²) in [6.07, 6.45) is 0. The van der Waals surface area contributed by atoms with Crippen LogP contribution in [0.15, 0.2) is 18.2 Å². The van der Waals surface area contributed by atoms with Crippen molar-refractivity contribution in [2.24, 2.45) is 5.92 Å². The highest BCUT2D eigenvalue weighted by Gasteiger charge is 2.09. The van der Waals surface area contributed by atoms with E-state index in [2.05, 4.69) is 38.7 Å². The van der Waals surface area contributed by atoms with E-state index in [0.29, 0.717) is 11.7 Å². The molecular formula is C14H23NO. The minimum atomic E-state index is 0.410. The third kappa shape index (κ3) is 3.86. The fraction of sp³-hybridized carbons (Fsp3) is 0.571. The van der Waals surface area contributed by atoms with Crippen LogP contribution in [0, 0.1) is 12.8 Å². The van der Waals surface area contributed by atoms with Gasteiger partial charge in [-0.1, -0.05) is 38.5 Å². The lowest BCUT2D eigenvalue weighted by atomic mass is 10.1. The van der Waals surface area contributed by atoms with Gasteiger partial charge in [-0.05, 0) is 25.5 Å². The predicted molar refractivity (Wildman–Crippen MR) is 68.6 cm³/mol. The maximum atomic E-state index is 9.79. The van der Waals surface area contributed by atoms with Crippen molar-refractivity contribution in [3.8, 4) is 5.75 Å². The van der Waals surface area contributed by atoms with Crippen LogP contribution in [0.4, 0.5) is 0 Å². The summed E-state index contributed by atoms with van der Waals surface area (Å²) in [6, 6.07) is 5.80. The number of rotatable bonds is 5. The van der Waals surface area contributed by atoms with E-state index in [1.54, 1.807) is 6.07 Å². The lowest BCUT2D eigenvalue weighted by Gasteiger charge is -2.23. The molecule has 0 amide bonds. The lowest BCUT2D eigenvalue weighted by Crippen LogP contribution is -2.27. The second-order valence-electron chi connectivity index (χ2n) is 4.85. The Bertz CT molecular complexity index is 334. The van der Waals surface area contributed by atoms with E-state index in [9.17, 15) is 5.11 Å². The monoisotopic (exact) mass is 221 g/mol. The zero-order valence-electron chi connectivity index (χ0n) is 10.8. The second-order valence-corrected chi connectivity index (χ2v) is 4.85. The molecular weight excluding hydrogens is 198 g/mol. The van der Waals surface area contributed by atoms with E-state index in [1.165, 1.54) is 5.56 Å². The summed E-state index contributed by atoms with van der Waals surface area (Å²) < 4.78 is 0. The minimum absolute atomic E-state index is 0.410. The molecule has 90 valence electrons. The molecule has 0 aliphatic carbocycles. The normalized spacial score (nSPS) is 11.4. The number of aryl methyl sites for hydroxylation is 1. The average Bonchev–Trinajstić information content (AvgIpc) is 2.21. The molecule has 0 bridgehead atoms. The maximum Gasteiger partial charge on any atom is 0.120 e. The van der Waals surface area contributed by atoms with E-state index < -0.39 is 0 Å². The Hall–Kier alpha value is -1.02. The van der Waals surface area contributed by atoms with Gasteiger partial charge >= 0.3 is 0 Å². The highest BCUT2D eigenvalue weighted by atomic mass is 16.3. The number of nitrogens with zero attached hydrogens (tertiary/aromatic N) is 1. The molecule has 1 N–H and O–H groups in total. The van der Waals surface area contributed by atoms with Crippen LogP contribution in [0.1, 0.15) is 31.9 Å². The molecule has 0 fully saturated rings. The molecule has 0 spiro atoms. The van der Waals surface area contributed by atoms with Crippen molar-refractivity contribution in [2.75, 3.05) is 13.1 Å². The van der Waals surface area contributed by atoms with Gasteiger partial charge in [-0.3, -0.25) is 4.90 Å². The molecule has 0 radical (unpaired) electrons. The summed E-state index contributed by atoms with van der Waals surface area (Å²) in [7, 11) is 0. The standard InChI is InChI=1S/C14H23NO/c1-5-15(9-11(2)3)10-13-8-12(4)6-7-14(13)16/h6-8,11,16H,5,9-10H2,1-4H3. The molecule has 0 saturated heterocycles. The van der Waals surface area contributed by atoms with Crippen molar-refractivity contribution in [2.45, 2.75) is 34.2 Å². The highest BCUT2D eigenvalue weighted by molar-refractivity contribution is 5.35. The van der Waals surface area contributed by atoms with Gasteiger partial charge in [0.05, 0.1) is 0 Å². The van der Waals surface area contributed by atoms with Crippen molar-refractivity contribution in [3.63, 3.8) is 0 Å². The first-order valence-electron chi connectivity index (χ1n) is 6.03. The fourth-order valence-electron chi connectivity index (χ4n) is 1.90. The average molecular weight is 221 g/mol. The van der Waals surface area contributed by atoms with E-state index in [-0.39, 0.29) is 0 Å². The molecule has 2 heteroatoms. The molecule has 0 heterocycles. The number of hydrogen-bond acceptors (Lipinski definition) is 2. The lowest BCUT2D eigenvalue weighted by molar-refractivity contribution is 0.245. The van der Waals surface area contributed by atoms with Gasteiger partial charge in [-0.2, -0.15) is 0 Å². The van der Waals surface area contributed by atoms with E-state index in [0.717, 1.165) is 25.2 Å². The van der Waals surface area contributed by atoms with Crippen LogP contribution in [0.2, 0.25) is 0 Å². The number of hydrogen-bond donors (Lipinski definition) is 1. The van der Waals surface area contributed by atoms with Gasteiger partial charge in [0.25, 0.3) is 0 Å². The van der Waals surface area contributed by atoms with Crippen LogP contribution < -0.4 is 0 Å². The van der Waals surface area contributed by atoms with Crippen LogP contribution in [-0.2, 0) is 6.54 Å². The summed E-state index contributed by atoms with van der Waals surface area (Å²) in [4.78, 5) is 2.36. The van der Waals surface area contributed by atoms with Crippen LogP contribution >= 0.6 is 0 Å². The number of phenolic OH excluding ortho intramolecular Hbond substituents is 1. The summed E-state index contributed by atoms with van der Waals surface area (Å²) in [6.45, 7) is 11.6. The van der Waals surface area contributed by atoms with Gasteiger partial charge < -0.3 is 5.11 Å². The van der Waals surface area contributed by atoms with Crippen LogP contribution in [0.3, 0.4) is 0 Å². The highest BCUT2D eigenvalue weighted by Crippen LogP contribution is 2.20. The first kappa shape index (κ1) is 13.0. The zero-order valence-corrected chi connectivity index (χ0v) is 10.8. The Labute approximate surface area is 98.9 Å². The van der Waals surface area contributed by atoms with Crippen molar-refractivity contribution < 1.29 is 5.11 Å². The summed E-state index contributed by atoms with van der Waals surface area (Å²) >= 11 is 0. The summed E-state index contributed by atoms with van der Waals surface area (Å²) in [5, 5.41) is 9.79. The molecule has 1 rings (SSSR count). The first-order chi connectivity index (χ1) is 7.52. The van der Waals surface area contributed by atoms with Crippen molar-refractivity contribution >= 4 is 0 Å². The molecule has 0 atom stereocenters. The topological polar surface area (TPSA) is 23.5 Å².